The van der Waals surface area contributed by atoms with Crippen molar-refractivity contribution < 1.29 is 45.4 Å². The van der Waals surface area contributed by atoms with Gasteiger partial charge in [0.25, 0.3) is 0 Å². The SMILES string of the molecule is CCCCCCCCCS(=O)(=O)[O-].CCCCCCCCCS(=O)(=O)[O-].[Zn+2]. The van der Waals surface area contributed by atoms with Crippen LogP contribution in [0.3, 0.4) is 0 Å². The van der Waals surface area contributed by atoms with Crippen molar-refractivity contribution in [3.8, 4) is 0 Å². The molecule has 0 amide bonds. The molecule has 0 heterocycles. The first kappa shape index (κ1) is 32.1. The zero-order chi connectivity index (χ0) is 20.3. The molecule has 0 aliphatic heterocycles. The van der Waals surface area contributed by atoms with Gasteiger partial charge in [-0.3, -0.25) is 0 Å². The minimum atomic E-state index is -3.97. The van der Waals surface area contributed by atoms with Crippen LogP contribution in [-0.2, 0) is 39.7 Å². The van der Waals surface area contributed by atoms with Crippen molar-refractivity contribution in [3.63, 3.8) is 0 Å². The van der Waals surface area contributed by atoms with Crippen molar-refractivity contribution in [2.45, 2.75) is 104 Å². The van der Waals surface area contributed by atoms with Crippen molar-refractivity contribution in [2.24, 2.45) is 0 Å². The summed E-state index contributed by atoms with van der Waals surface area (Å²) >= 11 is 0. The Bertz CT molecular complexity index is 446. The third-order valence-electron chi connectivity index (χ3n) is 4.00. The van der Waals surface area contributed by atoms with Gasteiger partial charge < -0.3 is 9.11 Å². The Morgan fingerprint density at radius 3 is 0.926 bits per heavy atom. The predicted molar refractivity (Wildman–Crippen MR) is 105 cm³/mol. The van der Waals surface area contributed by atoms with E-state index in [0.29, 0.717) is 12.8 Å². The summed E-state index contributed by atoms with van der Waals surface area (Å²) in [5.41, 5.74) is 0. The van der Waals surface area contributed by atoms with Crippen LogP contribution in [0.5, 0.6) is 0 Å². The second kappa shape index (κ2) is 21.2. The average molecular weight is 480 g/mol. The van der Waals surface area contributed by atoms with E-state index >= 15 is 0 Å². The van der Waals surface area contributed by atoms with Crippen LogP contribution in [0.15, 0.2) is 0 Å². The van der Waals surface area contributed by atoms with E-state index in [1.54, 1.807) is 0 Å². The van der Waals surface area contributed by atoms with E-state index in [0.717, 1.165) is 38.5 Å². The van der Waals surface area contributed by atoms with Crippen molar-refractivity contribution >= 4 is 20.2 Å². The normalized spacial score (nSPS) is 11.4. The van der Waals surface area contributed by atoms with Crippen molar-refractivity contribution in [1.82, 2.24) is 0 Å². The fraction of sp³-hybridized carbons (Fsp3) is 1.00. The molecule has 0 spiro atoms. The first-order chi connectivity index (χ1) is 12.1. The van der Waals surface area contributed by atoms with Gasteiger partial charge in [-0.05, 0) is 12.8 Å². The Kier molecular flexibility index (Phi) is 25.2. The summed E-state index contributed by atoms with van der Waals surface area (Å²) < 4.78 is 61.3. The summed E-state index contributed by atoms with van der Waals surface area (Å²) in [4.78, 5) is 0. The van der Waals surface area contributed by atoms with Crippen LogP contribution >= 0.6 is 0 Å². The molecule has 6 nitrogen and oxygen atoms in total. The van der Waals surface area contributed by atoms with Gasteiger partial charge in [0.2, 0.25) is 0 Å². The molecule has 0 fully saturated rings. The molecule has 0 rings (SSSR count). The Morgan fingerprint density at radius 1 is 0.481 bits per heavy atom. The van der Waals surface area contributed by atoms with Crippen LogP contribution in [-0.4, -0.2) is 37.4 Å². The van der Waals surface area contributed by atoms with E-state index in [9.17, 15) is 25.9 Å². The van der Waals surface area contributed by atoms with Crippen LogP contribution in [0.2, 0.25) is 0 Å². The van der Waals surface area contributed by atoms with Gasteiger partial charge in [-0.25, -0.2) is 16.8 Å². The molecule has 0 saturated carbocycles. The van der Waals surface area contributed by atoms with Crippen LogP contribution in [0, 0.1) is 0 Å². The molecule has 160 valence electrons. The van der Waals surface area contributed by atoms with E-state index < -0.39 is 20.2 Å². The van der Waals surface area contributed by atoms with Crippen molar-refractivity contribution in [3.05, 3.63) is 0 Å². The summed E-state index contributed by atoms with van der Waals surface area (Å²) in [6.07, 6.45) is 14.6. The van der Waals surface area contributed by atoms with Gasteiger partial charge in [-0.1, -0.05) is 90.9 Å². The molecule has 0 bridgehead atoms. The van der Waals surface area contributed by atoms with Gasteiger partial charge in [0, 0.05) is 11.5 Å². The van der Waals surface area contributed by atoms with Gasteiger partial charge >= 0.3 is 19.5 Å². The van der Waals surface area contributed by atoms with Crippen molar-refractivity contribution in [1.29, 1.82) is 0 Å². The minimum Gasteiger partial charge on any atom is -0.748 e. The first-order valence-electron chi connectivity index (χ1n) is 9.99. The molecular formula is C18H38O6S2Zn. The van der Waals surface area contributed by atoms with Gasteiger partial charge in [0.1, 0.15) is 0 Å². The summed E-state index contributed by atoms with van der Waals surface area (Å²) in [5.74, 6) is -0.387. The molecule has 0 aromatic carbocycles. The average Bonchev–Trinajstić information content (AvgIpc) is 2.52. The largest absolute Gasteiger partial charge is 2.00 e. The second-order valence-electron chi connectivity index (χ2n) is 6.77. The Hall–Kier alpha value is 0.443. The molecule has 0 aromatic heterocycles. The Morgan fingerprint density at radius 2 is 0.704 bits per heavy atom. The molecule has 0 saturated heterocycles. The third kappa shape index (κ3) is 37.8. The number of rotatable bonds is 16. The fourth-order valence-corrected chi connectivity index (χ4v) is 3.59. The van der Waals surface area contributed by atoms with E-state index in [4.69, 9.17) is 0 Å². The topological polar surface area (TPSA) is 114 Å². The standard InChI is InChI=1S/2C9H20O3S.Zn/c2*1-2-3-4-5-6-7-8-9-13(10,11)12;/h2*2-9H2,1H3,(H,10,11,12);/q;;+2/p-2. The molecule has 0 radical (unpaired) electrons. The van der Waals surface area contributed by atoms with Gasteiger partial charge in [0.15, 0.2) is 0 Å². The van der Waals surface area contributed by atoms with Crippen LogP contribution in [0.1, 0.15) is 104 Å². The monoisotopic (exact) mass is 478 g/mol. The summed E-state index contributed by atoms with van der Waals surface area (Å²) in [5, 5.41) is 0. The van der Waals surface area contributed by atoms with Gasteiger partial charge in [-0.2, -0.15) is 0 Å². The minimum absolute atomic E-state index is 0. The van der Waals surface area contributed by atoms with Gasteiger partial charge in [-0.15, -0.1) is 0 Å². The molecule has 0 aliphatic carbocycles. The zero-order valence-electron chi connectivity index (χ0n) is 17.3. The summed E-state index contributed by atoms with van der Waals surface area (Å²) in [6, 6.07) is 0. The molecule has 27 heavy (non-hydrogen) atoms. The summed E-state index contributed by atoms with van der Waals surface area (Å²) in [6.45, 7) is 4.31. The second-order valence-corrected chi connectivity index (χ2v) is 9.81. The summed E-state index contributed by atoms with van der Waals surface area (Å²) in [7, 11) is -7.94. The Labute approximate surface area is 180 Å². The maximum atomic E-state index is 10.2. The first-order valence-corrected chi connectivity index (χ1v) is 13.1. The molecule has 0 N–H and O–H groups in total. The number of hydrogen-bond donors (Lipinski definition) is 0. The molecule has 0 aromatic rings. The fourth-order valence-electron chi connectivity index (χ4n) is 2.47. The molecule has 0 aliphatic rings. The predicted octanol–water partition coefficient (Wildman–Crippen LogP) is 4.56. The van der Waals surface area contributed by atoms with Crippen LogP contribution < -0.4 is 0 Å². The zero-order valence-corrected chi connectivity index (χ0v) is 21.9. The van der Waals surface area contributed by atoms with Crippen molar-refractivity contribution in [2.75, 3.05) is 11.5 Å². The third-order valence-corrected chi connectivity index (χ3v) is 5.57. The quantitative estimate of drug-likeness (QED) is 0.182. The van der Waals surface area contributed by atoms with E-state index in [-0.39, 0.29) is 31.0 Å². The van der Waals surface area contributed by atoms with Gasteiger partial charge in [0.05, 0.1) is 20.2 Å². The van der Waals surface area contributed by atoms with Crippen LogP contribution in [0.4, 0.5) is 0 Å². The molecule has 9 heteroatoms. The Balaban J connectivity index is -0.000000411. The van der Waals surface area contributed by atoms with E-state index in [2.05, 4.69) is 13.8 Å². The number of unbranched alkanes of at least 4 members (excludes halogenated alkanes) is 12. The van der Waals surface area contributed by atoms with E-state index in [1.165, 1.54) is 38.5 Å². The molecular weight excluding hydrogens is 442 g/mol. The maximum Gasteiger partial charge on any atom is 2.00 e. The smallest absolute Gasteiger partial charge is 0.748 e. The van der Waals surface area contributed by atoms with Crippen LogP contribution in [0.25, 0.3) is 0 Å². The number of hydrogen-bond acceptors (Lipinski definition) is 6. The molecule has 0 unspecified atom stereocenters. The molecule has 0 atom stereocenters. The maximum absolute atomic E-state index is 10.2. The van der Waals surface area contributed by atoms with E-state index in [1.807, 2.05) is 0 Å².